The van der Waals surface area contributed by atoms with E-state index in [1.807, 2.05) is 0 Å². The van der Waals surface area contributed by atoms with Gasteiger partial charge in [-0.3, -0.25) is 4.90 Å². The molecule has 196 valence electrons. The van der Waals surface area contributed by atoms with Crippen LogP contribution < -0.4 is 4.74 Å². The van der Waals surface area contributed by atoms with Crippen molar-refractivity contribution in [3.05, 3.63) is 65.5 Å². The minimum Gasteiger partial charge on any atom is -0.489 e. The van der Waals surface area contributed by atoms with Gasteiger partial charge in [0.05, 0.1) is 19.8 Å². The fourth-order valence-electron chi connectivity index (χ4n) is 4.23. The van der Waals surface area contributed by atoms with Gasteiger partial charge in [0, 0.05) is 5.56 Å². The number of carbonyl (C=O) groups excluding carboxylic acids is 1. The Labute approximate surface area is 213 Å². The zero-order valence-corrected chi connectivity index (χ0v) is 22.8. The van der Waals surface area contributed by atoms with Crippen molar-refractivity contribution in [2.24, 2.45) is 0 Å². The number of likely N-dealkylation sites (tertiary alicyclic amines) is 1. The first-order valence-electron chi connectivity index (χ1n) is 12.0. The molecule has 1 heterocycles. The highest BCUT2D eigenvalue weighted by molar-refractivity contribution is 6.74. The Morgan fingerprint density at radius 2 is 1.78 bits per heavy atom. The Kier molecular flexibility index (Phi) is 8.15. The van der Waals surface area contributed by atoms with E-state index in [1.165, 1.54) is 18.1 Å². The number of carboxylic acid groups (broad SMARTS) is 1. The number of ether oxygens (including phenoxy) is 2. The lowest BCUT2D eigenvalue weighted by Gasteiger charge is -2.42. The standard InChI is InChI=1S/C27H36FNO6Si/c1-26(2,3)36(5,6)35-18-27(24(30)33-4)16-15-23(29(27)25(31)32)19-11-13-21(14-12-19)34-17-20-9-7-8-10-22(20)28/h7-14,23H,15-18H2,1-6H3,(H,31,32)/t23-,27-/m1/s1. The quantitative estimate of drug-likeness (QED) is 0.334. The smallest absolute Gasteiger partial charge is 0.408 e. The predicted octanol–water partition coefficient (Wildman–Crippen LogP) is 6.15. The van der Waals surface area contributed by atoms with Gasteiger partial charge in [0.25, 0.3) is 0 Å². The van der Waals surface area contributed by atoms with Crippen molar-refractivity contribution in [3.8, 4) is 5.75 Å². The van der Waals surface area contributed by atoms with E-state index < -0.39 is 32.0 Å². The zero-order valence-electron chi connectivity index (χ0n) is 21.8. The first-order chi connectivity index (χ1) is 16.8. The van der Waals surface area contributed by atoms with E-state index >= 15 is 0 Å². The summed E-state index contributed by atoms with van der Waals surface area (Å²) in [5.41, 5.74) is -0.256. The van der Waals surface area contributed by atoms with Crippen molar-refractivity contribution >= 4 is 20.4 Å². The summed E-state index contributed by atoms with van der Waals surface area (Å²) in [5.74, 6) is -0.422. The molecule has 1 aliphatic heterocycles. The van der Waals surface area contributed by atoms with E-state index in [0.717, 1.165) is 5.56 Å². The first kappa shape index (κ1) is 27.7. The first-order valence-corrected chi connectivity index (χ1v) is 14.9. The Balaban J connectivity index is 1.83. The lowest BCUT2D eigenvalue weighted by atomic mass is 9.98. The van der Waals surface area contributed by atoms with Crippen LogP contribution >= 0.6 is 0 Å². The molecule has 1 aliphatic rings. The summed E-state index contributed by atoms with van der Waals surface area (Å²) in [6, 6.07) is 12.9. The molecule has 0 aliphatic carbocycles. The Hall–Kier alpha value is -2.91. The highest BCUT2D eigenvalue weighted by atomic mass is 28.4. The van der Waals surface area contributed by atoms with Crippen LogP contribution in [0, 0.1) is 5.82 Å². The van der Waals surface area contributed by atoms with E-state index in [4.69, 9.17) is 13.9 Å². The molecule has 2 atom stereocenters. The van der Waals surface area contributed by atoms with Crippen LogP contribution in [0.1, 0.15) is 50.8 Å². The van der Waals surface area contributed by atoms with E-state index in [1.54, 1.807) is 42.5 Å². The topological polar surface area (TPSA) is 85.3 Å². The summed E-state index contributed by atoms with van der Waals surface area (Å²) in [6.07, 6.45) is -0.476. The molecule has 7 nitrogen and oxygen atoms in total. The number of carbonyl (C=O) groups is 2. The van der Waals surface area contributed by atoms with Crippen LogP contribution in [0.15, 0.2) is 48.5 Å². The lowest BCUT2D eigenvalue weighted by molar-refractivity contribution is -0.155. The van der Waals surface area contributed by atoms with E-state index in [-0.39, 0.29) is 30.5 Å². The normalized spacial score (nSPS) is 20.3. The summed E-state index contributed by atoms with van der Waals surface area (Å²) >= 11 is 0. The number of esters is 1. The maximum Gasteiger partial charge on any atom is 0.408 e. The molecule has 1 fully saturated rings. The molecule has 0 saturated carbocycles. The van der Waals surface area contributed by atoms with Gasteiger partial charge in [0.2, 0.25) is 0 Å². The number of rotatable bonds is 8. The number of amides is 1. The SMILES string of the molecule is COC(=O)[C@]1(CO[Si](C)(C)C(C)(C)C)CC[C@H](c2ccc(OCc3ccccc3F)cc2)N1C(=O)O. The number of nitrogens with zero attached hydrogens (tertiary/aromatic N) is 1. The van der Waals surface area contributed by atoms with Gasteiger partial charge < -0.3 is 19.0 Å². The molecule has 0 bridgehead atoms. The van der Waals surface area contributed by atoms with Crippen molar-refractivity contribution in [1.29, 1.82) is 0 Å². The molecule has 1 N–H and O–H groups in total. The van der Waals surface area contributed by atoms with Gasteiger partial charge in [0.15, 0.2) is 13.9 Å². The fourth-order valence-corrected chi connectivity index (χ4v) is 5.26. The van der Waals surface area contributed by atoms with E-state index in [2.05, 4.69) is 33.9 Å². The molecule has 0 unspecified atom stereocenters. The minimum atomic E-state index is -2.26. The van der Waals surface area contributed by atoms with Gasteiger partial charge in [-0.2, -0.15) is 0 Å². The average Bonchev–Trinajstić information content (AvgIpc) is 3.22. The van der Waals surface area contributed by atoms with Gasteiger partial charge >= 0.3 is 12.1 Å². The molecule has 36 heavy (non-hydrogen) atoms. The van der Waals surface area contributed by atoms with Crippen molar-refractivity contribution in [2.75, 3.05) is 13.7 Å². The number of hydrogen-bond donors (Lipinski definition) is 1. The largest absolute Gasteiger partial charge is 0.489 e. The third-order valence-corrected chi connectivity index (χ3v) is 11.9. The van der Waals surface area contributed by atoms with Gasteiger partial charge in [0.1, 0.15) is 18.2 Å². The predicted molar refractivity (Wildman–Crippen MR) is 137 cm³/mol. The van der Waals surface area contributed by atoms with Crippen LogP contribution in [-0.4, -0.2) is 49.6 Å². The monoisotopic (exact) mass is 517 g/mol. The van der Waals surface area contributed by atoms with Crippen LogP contribution in [0.3, 0.4) is 0 Å². The third-order valence-electron chi connectivity index (χ3n) is 7.47. The molecule has 0 radical (unpaired) electrons. The van der Waals surface area contributed by atoms with Crippen molar-refractivity contribution in [2.45, 2.75) is 69.9 Å². The Morgan fingerprint density at radius 1 is 1.14 bits per heavy atom. The number of benzene rings is 2. The second kappa shape index (κ2) is 10.6. The van der Waals surface area contributed by atoms with Crippen molar-refractivity contribution in [3.63, 3.8) is 0 Å². The van der Waals surface area contributed by atoms with Crippen LogP contribution in [0.2, 0.25) is 18.1 Å². The molecular formula is C27H36FNO6Si. The second-order valence-corrected chi connectivity index (χ2v) is 15.5. The maximum absolute atomic E-state index is 13.9. The average molecular weight is 518 g/mol. The molecule has 3 rings (SSSR count). The summed E-state index contributed by atoms with van der Waals surface area (Å²) < 4.78 is 31.0. The number of halogens is 1. The third kappa shape index (κ3) is 5.57. The Bertz CT molecular complexity index is 1080. The van der Waals surface area contributed by atoms with Gasteiger partial charge in [-0.1, -0.05) is 51.1 Å². The summed E-state index contributed by atoms with van der Waals surface area (Å²) in [7, 11) is -0.994. The summed E-state index contributed by atoms with van der Waals surface area (Å²) in [6.45, 7) is 10.4. The molecule has 2 aromatic rings. The number of methoxy groups -OCH3 is 1. The maximum atomic E-state index is 13.9. The van der Waals surface area contributed by atoms with Crippen LogP contribution in [0.4, 0.5) is 9.18 Å². The molecule has 2 aromatic carbocycles. The van der Waals surface area contributed by atoms with Gasteiger partial charge in [-0.25, -0.2) is 14.0 Å². The molecule has 1 saturated heterocycles. The van der Waals surface area contributed by atoms with Gasteiger partial charge in [-0.05, 0) is 54.7 Å². The molecule has 1 amide bonds. The van der Waals surface area contributed by atoms with E-state index in [0.29, 0.717) is 17.7 Å². The van der Waals surface area contributed by atoms with E-state index in [9.17, 15) is 19.1 Å². The van der Waals surface area contributed by atoms with Crippen molar-refractivity contribution < 1.29 is 33.0 Å². The highest BCUT2D eigenvalue weighted by Gasteiger charge is 2.57. The second-order valence-electron chi connectivity index (χ2n) is 10.7. The van der Waals surface area contributed by atoms with Crippen LogP contribution in [0.25, 0.3) is 0 Å². The summed E-state index contributed by atoms with van der Waals surface area (Å²) in [5, 5.41) is 10.1. The zero-order chi connectivity index (χ0) is 26.7. The summed E-state index contributed by atoms with van der Waals surface area (Å²) in [4.78, 5) is 26.8. The van der Waals surface area contributed by atoms with Crippen LogP contribution in [0.5, 0.6) is 5.75 Å². The van der Waals surface area contributed by atoms with Crippen molar-refractivity contribution in [1.82, 2.24) is 4.90 Å². The number of hydrogen-bond acceptors (Lipinski definition) is 5. The molecule has 9 heteroatoms. The fraction of sp³-hybridized carbons (Fsp3) is 0.481. The molecule has 0 aromatic heterocycles. The molecular weight excluding hydrogens is 481 g/mol. The Morgan fingerprint density at radius 3 is 2.33 bits per heavy atom. The highest BCUT2D eigenvalue weighted by Crippen LogP contribution is 2.46. The minimum absolute atomic E-state index is 0.0528. The van der Waals surface area contributed by atoms with Crippen LogP contribution in [-0.2, 0) is 20.6 Å². The van der Waals surface area contributed by atoms with Gasteiger partial charge in [-0.15, -0.1) is 0 Å². The molecule has 0 spiro atoms. The lowest BCUT2D eigenvalue weighted by Crippen LogP contribution is -2.59.